The molecule has 3 aromatic carbocycles. The van der Waals surface area contributed by atoms with Gasteiger partial charge >= 0.3 is 6.18 Å². The van der Waals surface area contributed by atoms with E-state index in [0.717, 1.165) is 12.1 Å². The molecule has 0 N–H and O–H groups in total. The molecule has 0 heterocycles. The highest BCUT2D eigenvalue weighted by Gasteiger charge is 2.31. The first-order valence-corrected chi connectivity index (χ1v) is 6.09. The van der Waals surface area contributed by atoms with Crippen molar-refractivity contribution in [3.05, 3.63) is 62.8 Å². The van der Waals surface area contributed by atoms with Crippen LogP contribution >= 0.6 is 0 Å². The van der Waals surface area contributed by atoms with E-state index in [1.54, 1.807) is 6.07 Å². The number of benzene rings is 2. The van der Waals surface area contributed by atoms with E-state index in [-0.39, 0.29) is 21.4 Å². The zero-order valence-corrected chi connectivity index (χ0v) is 10.8. The first kappa shape index (κ1) is 13.8. The van der Waals surface area contributed by atoms with Crippen LogP contribution in [0.2, 0.25) is 0 Å². The zero-order valence-electron chi connectivity index (χ0n) is 10.8. The van der Waals surface area contributed by atoms with Gasteiger partial charge in [-0.05, 0) is 28.3 Å². The summed E-state index contributed by atoms with van der Waals surface area (Å²) in [5, 5.41) is 9.54. The highest BCUT2D eigenvalue weighted by molar-refractivity contribution is 6.13. The Hall–Kier alpha value is -3.12. The molecule has 0 atom stereocenters. The maximum Gasteiger partial charge on any atom is 0.416 e. The minimum atomic E-state index is -4.58. The van der Waals surface area contributed by atoms with Crippen molar-refractivity contribution in [2.45, 2.75) is 6.18 Å². The third-order valence-electron chi connectivity index (χ3n) is 3.50. The molecule has 0 spiro atoms. The Bertz CT molecular complexity index is 1090. The SMILES string of the molecule is [C-]#[N+]C(C#N)=c1c(=O)c2cccc3cc(C(F)(F)F)cc1c32. The lowest BCUT2D eigenvalue weighted by molar-refractivity contribution is -0.137. The van der Waals surface area contributed by atoms with E-state index in [1.807, 2.05) is 0 Å². The Kier molecular flexibility index (Phi) is 2.79. The highest BCUT2D eigenvalue weighted by atomic mass is 19.4. The third-order valence-corrected chi connectivity index (χ3v) is 3.50. The van der Waals surface area contributed by atoms with Crippen LogP contribution in [0.25, 0.3) is 32.1 Å². The van der Waals surface area contributed by atoms with Crippen LogP contribution in [-0.4, -0.2) is 0 Å². The van der Waals surface area contributed by atoms with Crippen molar-refractivity contribution < 1.29 is 13.2 Å². The number of alkyl halides is 3. The van der Waals surface area contributed by atoms with E-state index in [0.29, 0.717) is 5.39 Å². The third kappa shape index (κ3) is 1.78. The Morgan fingerprint density at radius 1 is 1.23 bits per heavy atom. The highest BCUT2D eigenvalue weighted by Crippen LogP contribution is 2.34. The molecule has 0 unspecified atom stereocenters. The van der Waals surface area contributed by atoms with Gasteiger partial charge in [0.15, 0.2) is 5.43 Å². The lowest BCUT2D eigenvalue weighted by Gasteiger charge is -2.08. The van der Waals surface area contributed by atoms with Crippen molar-refractivity contribution in [3.63, 3.8) is 0 Å². The van der Waals surface area contributed by atoms with E-state index in [4.69, 9.17) is 11.8 Å². The molecule has 0 aromatic heterocycles. The molecule has 0 amide bonds. The van der Waals surface area contributed by atoms with Crippen LogP contribution in [-0.2, 0) is 6.18 Å². The van der Waals surface area contributed by atoms with Crippen molar-refractivity contribution in [1.82, 2.24) is 0 Å². The smallest absolute Gasteiger partial charge is 0.290 e. The Labute approximate surface area is 121 Å². The Morgan fingerprint density at radius 3 is 2.55 bits per heavy atom. The standard InChI is InChI=1S/C16H5F3N2O/c1-21-12(7-20)14-11-6-9(16(17,18)19)5-8-3-2-4-10(13(8)11)15(14)22/h2-6H. The normalized spacial score (nSPS) is 13.1. The molecular weight excluding hydrogens is 293 g/mol. The van der Waals surface area contributed by atoms with Crippen molar-refractivity contribution in [2.24, 2.45) is 0 Å². The predicted octanol–water partition coefficient (Wildman–Crippen LogP) is 3.08. The molecule has 0 bridgehead atoms. The van der Waals surface area contributed by atoms with E-state index in [2.05, 4.69) is 4.85 Å². The summed E-state index contributed by atoms with van der Waals surface area (Å²) in [7, 11) is 0. The van der Waals surface area contributed by atoms with Crippen LogP contribution in [0.15, 0.2) is 35.1 Å². The molecular formula is C16H5F3N2O. The first-order chi connectivity index (χ1) is 10.4. The minimum absolute atomic E-state index is 0.00188. The van der Waals surface area contributed by atoms with Crippen molar-refractivity contribution >= 4 is 27.2 Å². The number of hydrogen-bond acceptors (Lipinski definition) is 2. The van der Waals surface area contributed by atoms with Crippen molar-refractivity contribution in [1.29, 1.82) is 5.26 Å². The molecule has 3 rings (SSSR count). The molecule has 0 aliphatic carbocycles. The molecule has 3 aromatic rings. The topological polar surface area (TPSA) is 45.2 Å². The van der Waals surface area contributed by atoms with Gasteiger partial charge in [-0.1, -0.05) is 18.2 Å². The number of halogens is 3. The van der Waals surface area contributed by atoms with Crippen LogP contribution in [0, 0.1) is 17.9 Å². The fourth-order valence-corrected chi connectivity index (χ4v) is 2.61. The summed E-state index contributed by atoms with van der Waals surface area (Å²) in [5.74, 6) is 0. The molecule has 6 heteroatoms. The molecule has 22 heavy (non-hydrogen) atoms. The average molecular weight is 298 g/mol. The van der Waals surface area contributed by atoms with Crippen LogP contribution in [0.4, 0.5) is 13.2 Å². The zero-order chi connectivity index (χ0) is 16.1. The van der Waals surface area contributed by atoms with E-state index in [1.165, 1.54) is 18.2 Å². The summed E-state index contributed by atoms with van der Waals surface area (Å²) in [6.07, 6.45) is -4.58. The fraction of sp³-hybridized carbons (Fsp3) is 0.0625. The molecule has 0 radical (unpaired) electrons. The second-order valence-corrected chi connectivity index (χ2v) is 4.70. The van der Waals surface area contributed by atoms with E-state index < -0.39 is 22.9 Å². The Morgan fingerprint density at radius 2 is 1.95 bits per heavy atom. The van der Waals surface area contributed by atoms with Gasteiger partial charge in [-0.25, -0.2) is 10.1 Å². The van der Waals surface area contributed by atoms with Gasteiger partial charge in [0.2, 0.25) is 0 Å². The van der Waals surface area contributed by atoms with Gasteiger partial charge in [-0.15, -0.1) is 0 Å². The summed E-state index contributed by atoms with van der Waals surface area (Å²) in [4.78, 5) is 15.3. The monoisotopic (exact) mass is 298 g/mol. The van der Waals surface area contributed by atoms with Crippen LogP contribution in [0.3, 0.4) is 0 Å². The fourth-order valence-electron chi connectivity index (χ4n) is 2.61. The Balaban J connectivity index is 2.72. The molecule has 106 valence electrons. The van der Waals surface area contributed by atoms with Gasteiger partial charge in [0.05, 0.1) is 18.2 Å². The molecule has 0 saturated heterocycles. The van der Waals surface area contributed by atoms with Gasteiger partial charge in [-0.3, -0.25) is 4.79 Å². The van der Waals surface area contributed by atoms with E-state index in [9.17, 15) is 18.0 Å². The average Bonchev–Trinajstić information content (AvgIpc) is 2.76. The van der Waals surface area contributed by atoms with Crippen LogP contribution < -0.4 is 10.6 Å². The molecule has 0 fully saturated rings. The summed E-state index contributed by atoms with van der Waals surface area (Å²) in [6.45, 7) is 6.96. The lowest BCUT2D eigenvalue weighted by atomic mass is 10.0. The first-order valence-electron chi connectivity index (χ1n) is 6.09. The van der Waals surface area contributed by atoms with Gasteiger partial charge in [-0.2, -0.15) is 13.2 Å². The lowest BCUT2D eigenvalue weighted by Crippen LogP contribution is -2.21. The number of nitrogens with zero attached hydrogens (tertiary/aromatic N) is 2. The van der Waals surface area contributed by atoms with Gasteiger partial charge < -0.3 is 0 Å². The maximum atomic E-state index is 13.0. The molecule has 0 saturated carbocycles. The van der Waals surface area contributed by atoms with Crippen LogP contribution in [0.5, 0.6) is 0 Å². The largest absolute Gasteiger partial charge is 0.416 e. The van der Waals surface area contributed by atoms with Crippen molar-refractivity contribution in [3.8, 4) is 6.07 Å². The quantitative estimate of drug-likeness (QED) is 0.599. The number of rotatable bonds is 0. The van der Waals surface area contributed by atoms with Crippen molar-refractivity contribution in [2.75, 3.05) is 0 Å². The number of hydrogen-bond donors (Lipinski definition) is 0. The second-order valence-electron chi connectivity index (χ2n) is 4.70. The predicted molar refractivity (Wildman–Crippen MR) is 74.8 cm³/mol. The van der Waals surface area contributed by atoms with E-state index >= 15 is 0 Å². The van der Waals surface area contributed by atoms with Gasteiger partial charge in [0.25, 0.3) is 5.70 Å². The molecule has 3 nitrogen and oxygen atoms in total. The van der Waals surface area contributed by atoms with Gasteiger partial charge in [0, 0.05) is 10.6 Å². The second kappa shape index (κ2) is 4.44. The molecule has 0 aliphatic rings. The summed E-state index contributed by atoms with van der Waals surface area (Å²) in [5.41, 5.74) is -2.00. The van der Waals surface area contributed by atoms with Gasteiger partial charge in [0.1, 0.15) is 0 Å². The summed E-state index contributed by atoms with van der Waals surface area (Å²) >= 11 is 0. The minimum Gasteiger partial charge on any atom is -0.290 e. The molecule has 0 aliphatic heterocycles. The summed E-state index contributed by atoms with van der Waals surface area (Å²) < 4.78 is 39.0. The summed E-state index contributed by atoms with van der Waals surface area (Å²) in [6, 6.07) is 7.80. The maximum absolute atomic E-state index is 13.0. The van der Waals surface area contributed by atoms with Crippen LogP contribution in [0.1, 0.15) is 5.56 Å². The number of nitriles is 1.